The Kier molecular flexibility index (Phi) is 3.55. The number of fused-ring (bicyclic) bond motifs is 1. The molecule has 0 bridgehead atoms. The van der Waals surface area contributed by atoms with Crippen LogP contribution in [0.25, 0.3) is 22.0 Å². The van der Waals surface area contributed by atoms with Gasteiger partial charge >= 0.3 is 5.97 Å². The van der Waals surface area contributed by atoms with E-state index in [4.69, 9.17) is 0 Å². The van der Waals surface area contributed by atoms with E-state index in [0.717, 1.165) is 6.20 Å². The molecule has 0 N–H and O–H groups in total. The number of hydrogen-bond acceptors (Lipinski definition) is 3. The maximum absolute atomic E-state index is 14.0. The zero-order chi connectivity index (χ0) is 15.7. The molecule has 1 aromatic heterocycles. The molecule has 2 aromatic carbocycles. The van der Waals surface area contributed by atoms with Gasteiger partial charge in [0.1, 0.15) is 11.6 Å². The molecule has 3 aromatic rings. The van der Waals surface area contributed by atoms with E-state index in [0.29, 0.717) is 5.39 Å². The van der Waals surface area contributed by atoms with Gasteiger partial charge in [-0.2, -0.15) is 0 Å². The van der Waals surface area contributed by atoms with Gasteiger partial charge in [-0.3, -0.25) is 4.98 Å². The summed E-state index contributed by atoms with van der Waals surface area (Å²) in [5.74, 6) is -1.55. The second-order valence-corrected chi connectivity index (χ2v) is 4.69. The Morgan fingerprint density at radius 1 is 1.05 bits per heavy atom. The Morgan fingerprint density at radius 3 is 2.55 bits per heavy atom. The fraction of sp³-hybridized carbons (Fsp3) is 0.0588. The van der Waals surface area contributed by atoms with E-state index in [2.05, 4.69) is 9.72 Å². The first-order chi connectivity index (χ1) is 10.6. The van der Waals surface area contributed by atoms with Gasteiger partial charge in [-0.15, -0.1) is 0 Å². The van der Waals surface area contributed by atoms with E-state index in [-0.39, 0.29) is 22.2 Å². The van der Waals surface area contributed by atoms with Gasteiger partial charge in [-0.05, 0) is 24.3 Å². The van der Waals surface area contributed by atoms with E-state index < -0.39 is 17.6 Å². The van der Waals surface area contributed by atoms with E-state index in [1.54, 1.807) is 18.2 Å². The van der Waals surface area contributed by atoms with E-state index >= 15 is 0 Å². The summed E-state index contributed by atoms with van der Waals surface area (Å²) in [5.41, 5.74) is 0.773. The summed E-state index contributed by atoms with van der Waals surface area (Å²) in [4.78, 5) is 15.6. The molecule has 0 saturated carbocycles. The molecular formula is C17H11F2NO2. The topological polar surface area (TPSA) is 39.2 Å². The minimum Gasteiger partial charge on any atom is -0.465 e. The van der Waals surface area contributed by atoms with Crippen LogP contribution >= 0.6 is 0 Å². The van der Waals surface area contributed by atoms with Crippen molar-refractivity contribution >= 4 is 16.7 Å². The Hall–Kier alpha value is -2.82. The highest BCUT2D eigenvalue weighted by Crippen LogP contribution is 2.30. The number of aromatic nitrogens is 1. The van der Waals surface area contributed by atoms with E-state index in [9.17, 15) is 13.6 Å². The molecule has 0 aliphatic carbocycles. The number of halogens is 2. The zero-order valence-corrected chi connectivity index (χ0v) is 11.6. The average Bonchev–Trinajstić information content (AvgIpc) is 2.55. The first-order valence-corrected chi connectivity index (χ1v) is 6.53. The van der Waals surface area contributed by atoms with Crippen LogP contribution in [0.5, 0.6) is 0 Å². The third-order valence-corrected chi connectivity index (χ3v) is 3.39. The molecule has 3 rings (SSSR count). The summed E-state index contributed by atoms with van der Waals surface area (Å²) in [5, 5.41) is 0.619. The zero-order valence-electron chi connectivity index (χ0n) is 11.6. The summed E-state index contributed by atoms with van der Waals surface area (Å²) < 4.78 is 32.6. The first kappa shape index (κ1) is 14.1. The van der Waals surface area contributed by atoms with E-state index in [1.165, 1.54) is 31.4 Å². The summed E-state index contributed by atoms with van der Waals surface area (Å²) in [6, 6.07) is 10.5. The van der Waals surface area contributed by atoms with Gasteiger partial charge in [-0.25, -0.2) is 13.6 Å². The molecule has 0 aliphatic rings. The van der Waals surface area contributed by atoms with Crippen LogP contribution in [0.3, 0.4) is 0 Å². The largest absolute Gasteiger partial charge is 0.465 e. The smallest absolute Gasteiger partial charge is 0.337 e. The first-order valence-electron chi connectivity index (χ1n) is 6.53. The Bertz CT molecular complexity index is 878. The predicted octanol–water partition coefficient (Wildman–Crippen LogP) is 3.97. The minimum atomic E-state index is -0.550. The van der Waals surface area contributed by atoms with Crippen molar-refractivity contribution in [2.24, 2.45) is 0 Å². The fourth-order valence-electron chi connectivity index (χ4n) is 2.32. The molecule has 5 heteroatoms. The van der Waals surface area contributed by atoms with Crippen molar-refractivity contribution in [1.29, 1.82) is 0 Å². The standard InChI is InChI=1S/C17H11F2NO2/c1-22-17(21)10-6-7-11-13(8-10)16(20-9-15(11)19)12-4-2-3-5-14(12)18/h2-9H,1H3. The third kappa shape index (κ3) is 2.30. The summed E-state index contributed by atoms with van der Waals surface area (Å²) in [7, 11) is 1.26. The number of pyridine rings is 1. The lowest BCUT2D eigenvalue weighted by Gasteiger charge is -2.09. The van der Waals surface area contributed by atoms with Gasteiger partial charge in [0.25, 0.3) is 0 Å². The van der Waals surface area contributed by atoms with Crippen LogP contribution in [-0.2, 0) is 4.74 Å². The van der Waals surface area contributed by atoms with Gasteiger partial charge in [0, 0.05) is 16.3 Å². The highest BCUT2D eigenvalue weighted by molar-refractivity contribution is 6.00. The number of hydrogen-bond donors (Lipinski definition) is 0. The molecular weight excluding hydrogens is 288 g/mol. The number of methoxy groups -OCH3 is 1. The van der Waals surface area contributed by atoms with Crippen LogP contribution in [0.1, 0.15) is 10.4 Å². The van der Waals surface area contributed by atoms with Gasteiger partial charge in [0.15, 0.2) is 0 Å². The average molecular weight is 299 g/mol. The van der Waals surface area contributed by atoms with Crippen LogP contribution < -0.4 is 0 Å². The predicted molar refractivity (Wildman–Crippen MR) is 78.4 cm³/mol. The van der Waals surface area contributed by atoms with Gasteiger partial charge in [-0.1, -0.05) is 18.2 Å². The molecule has 0 amide bonds. The number of carbonyl (C=O) groups is 1. The normalized spacial score (nSPS) is 10.7. The molecule has 1 heterocycles. The lowest BCUT2D eigenvalue weighted by molar-refractivity contribution is 0.0601. The SMILES string of the molecule is COC(=O)c1ccc2c(F)cnc(-c3ccccc3F)c2c1. The van der Waals surface area contributed by atoms with Crippen LogP contribution in [0, 0.1) is 11.6 Å². The minimum absolute atomic E-state index is 0.245. The van der Waals surface area contributed by atoms with Crippen molar-refractivity contribution in [2.45, 2.75) is 0 Å². The second-order valence-electron chi connectivity index (χ2n) is 4.69. The van der Waals surface area contributed by atoms with Crippen LogP contribution in [0.4, 0.5) is 8.78 Å². The monoisotopic (exact) mass is 299 g/mol. The van der Waals surface area contributed by atoms with Crippen molar-refractivity contribution in [3.8, 4) is 11.3 Å². The Balaban J connectivity index is 2.33. The van der Waals surface area contributed by atoms with Crippen LogP contribution in [0.15, 0.2) is 48.7 Å². The lowest BCUT2D eigenvalue weighted by Crippen LogP contribution is -2.01. The summed E-state index contributed by atoms with van der Waals surface area (Å²) >= 11 is 0. The van der Waals surface area contributed by atoms with Gasteiger partial charge in [0.2, 0.25) is 0 Å². The van der Waals surface area contributed by atoms with Crippen molar-refractivity contribution in [2.75, 3.05) is 7.11 Å². The number of benzene rings is 2. The molecule has 0 spiro atoms. The molecule has 110 valence electrons. The number of rotatable bonds is 2. The van der Waals surface area contributed by atoms with Crippen molar-refractivity contribution in [1.82, 2.24) is 4.98 Å². The van der Waals surface area contributed by atoms with Crippen molar-refractivity contribution in [3.63, 3.8) is 0 Å². The number of carbonyl (C=O) groups excluding carboxylic acids is 1. The molecule has 0 aliphatic heterocycles. The number of nitrogens with zero attached hydrogens (tertiary/aromatic N) is 1. The Morgan fingerprint density at radius 2 is 1.82 bits per heavy atom. The Labute approximate surface area is 125 Å². The molecule has 0 saturated heterocycles. The van der Waals surface area contributed by atoms with Crippen molar-refractivity contribution in [3.05, 3.63) is 65.9 Å². The van der Waals surface area contributed by atoms with Crippen LogP contribution in [0.2, 0.25) is 0 Å². The highest BCUT2D eigenvalue weighted by Gasteiger charge is 2.15. The maximum Gasteiger partial charge on any atom is 0.337 e. The summed E-state index contributed by atoms with van der Waals surface area (Å²) in [6.45, 7) is 0. The highest BCUT2D eigenvalue weighted by atomic mass is 19.1. The van der Waals surface area contributed by atoms with Gasteiger partial charge in [0.05, 0.1) is 24.6 Å². The third-order valence-electron chi connectivity index (χ3n) is 3.39. The molecule has 3 nitrogen and oxygen atoms in total. The lowest BCUT2D eigenvalue weighted by atomic mass is 10.0. The summed E-state index contributed by atoms with van der Waals surface area (Å²) in [6.07, 6.45) is 1.04. The molecule has 0 fully saturated rings. The van der Waals surface area contributed by atoms with E-state index in [1.807, 2.05) is 0 Å². The fourth-order valence-corrected chi connectivity index (χ4v) is 2.32. The molecule has 22 heavy (non-hydrogen) atoms. The van der Waals surface area contributed by atoms with Crippen molar-refractivity contribution < 1.29 is 18.3 Å². The number of ether oxygens (including phenoxy) is 1. The molecule has 0 radical (unpaired) electrons. The molecule has 0 unspecified atom stereocenters. The van der Waals surface area contributed by atoms with Gasteiger partial charge < -0.3 is 4.74 Å². The number of esters is 1. The molecule has 0 atom stereocenters. The quantitative estimate of drug-likeness (QED) is 0.672. The maximum atomic E-state index is 14.0. The van der Waals surface area contributed by atoms with Crippen LogP contribution in [-0.4, -0.2) is 18.1 Å². The second kappa shape index (κ2) is 5.52.